The quantitative estimate of drug-likeness (QED) is 0.389. The van der Waals surface area contributed by atoms with Gasteiger partial charge in [-0.2, -0.15) is 0 Å². The SMILES string of the molecule is COc1c(F)cc(F)cc1-c1c[nH]c2ncc(Nc3ccc(N4CCOCC4)c(Cl)c3)cc12. The van der Waals surface area contributed by atoms with Gasteiger partial charge in [-0.25, -0.2) is 13.8 Å². The van der Waals surface area contributed by atoms with Crippen molar-refractivity contribution in [2.45, 2.75) is 0 Å². The van der Waals surface area contributed by atoms with E-state index in [1.54, 1.807) is 12.4 Å². The van der Waals surface area contributed by atoms with Crippen molar-refractivity contribution in [1.29, 1.82) is 0 Å². The van der Waals surface area contributed by atoms with E-state index in [1.165, 1.54) is 13.2 Å². The molecule has 0 saturated carbocycles. The fraction of sp³-hybridized carbons (Fsp3) is 0.208. The number of benzene rings is 2. The second-order valence-corrected chi connectivity index (χ2v) is 8.09. The lowest BCUT2D eigenvalue weighted by molar-refractivity contribution is 0.122. The first-order valence-electron chi connectivity index (χ1n) is 10.4. The summed E-state index contributed by atoms with van der Waals surface area (Å²) in [5.41, 5.74) is 3.93. The van der Waals surface area contributed by atoms with Crippen molar-refractivity contribution in [1.82, 2.24) is 9.97 Å². The molecular weight excluding hydrogens is 450 g/mol. The molecule has 33 heavy (non-hydrogen) atoms. The third-order valence-corrected chi connectivity index (χ3v) is 5.92. The third kappa shape index (κ3) is 4.19. The van der Waals surface area contributed by atoms with Crippen LogP contribution in [0, 0.1) is 11.6 Å². The molecule has 0 bridgehead atoms. The van der Waals surface area contributed by atoms with Gasteiger partial charge in [0, 0.05) is 47.6 Å². The maximum atomic E-state index is 14.2. The molecule has 1 fully saturated rings. The van der Waals surface area contributed by atoms with Crippen molar-refractivity contribution in [3.05, 3.63) is 65.4 Å². The van der Waals surface area contributed by atoms with Gasteiger partial charge in [-0.3, -0.25) is 0 Å². The van der Waals surface area contributed by atoms with Gasteiger partial charge in [0.25, 0.3) is 0 Å². The molecule has 1 saturated heterocycles. The lowest BCUT2D eigenvalue weighted by atomic mass is 10.0. The monoisotopic (exact) mass is 470 g/mol. The summed E-state index contributed by atoms with van der Waals surface area (Å²) < 4.78 is 38.8. The number of nitrogens with zero attached hydrogens (tertiary/aromatic N) is 2. The molecule has 3 heterocycles. The summed E-state index contributed by atoms with van der Waals surface area (Å²) in [6.07, 6.45) is 3.34. The third-order valence-electron chi connectivity index (χ3n) is 5.62. The van der Waals surface area contributed by atoms with Gasteiger partial charge in [-0.1, -0.05) is 11.6 Å². The van der Waals surface area contributed by atoms with Crippen LogP contribution in [0.15, 0.2) is 48.8 Å². The van der Waals surface area contributed by atoms with E-state index in [4.69, 9.17) is 21.1 Å². The van der Waals surface area contributed by atoms with E-state index in [0.717, 1.165) is 30.5 Å². The van der Waals surface area contributed by atoms with Gasteiger partial charge >= 0.3 is 0 Å². The zero-order valence-electron chi connectivity index (χ0n) is 17.8. The second-order valence-electron chi connectivity index (χ2n) is 7.68. The van der Waals surface area contributed by atoms with Crippen molar-refractivity contribution in [2.24, 2.45) is 0 Å². The summed E-state index contributed by atoms with van der Waals surface area (Å²) in [6, 6.07) is 9.69. The molecule has 0 radical (unpaired) electrons. The lowest BCUT2D eigenvalue weighted by Gasteiger charge is -2.29. The van der Waals surface area contributed by atoms with E-state index < -0.39 is 11.6 Å². The number of H-pyrrole nitrogens is 1. The van der Waals surface area contributed by atoms with Crippen molar-refractivity contribution in [2.75, 3.05) is 43.6 Å². The number of anilines is 3. The zero-order chi connectivity index (χ0) is 22.9. The van der Waals surface area contributed by atoms with Crippen LogP contribution in [-0.4, -0.2) is 43.4 Å². The van der Waals surface area contributed by atoms with Crippen LogP contribution in [0.2, 0.25) is 5.02 Å². The average Bonchev–Trinajstić information content (AvgIpc) is 3.22. The van der Waals surface area contributed by atoms with Crippen molar-refractivity contribution < 1.29 is 18.3 Å². The van der Waals surface area contributed by atoms with Crippen LogP contribution in [0.4, 0.5) is 25.8 Å². The van der Waals surface area contributed by atoms with E-state index >= 15 is 0 Å². The maximum absolute atomic E-state index is 14.2. The van der Waals surface area contributed by atoms with E-state index in [-0.39, 0.29) is 5.75 Å². The van der Waals surface area contributed by atoms with Crippen LogP contribution in [0.5, 0.6) is 5.75 Å². The van der Waals surface area contributed by atoms with Crippen molar-refractivity contribution in [3.8, 4) is 16.9 Å². The van der Waals surface area contributed by atoms with Crippen LogP contribution in [0.1, 0.15) is 0 Å². The molecule has 6 nitrogen and oxygen atoms in total. The molecule has 170 valence electrons. The summed E-state index contributed by atoms with van der Waals surface area (Å²) in [4.78, 5) is 9.68. The van der Waals surface area contributed by atoms with Crippen molar-refractivity contribution >= 4 is 39.7 Å². The number of aromatic nitrogens is 2. The number of methoxy groups -OCH3 is 1. The lowest BCUT2D eigenvalue weighted by Crippen LogP contribution is -2.36. The molecule has 5 rings (SSSR count). The number of fused-ring (bicyclic) bond motifs is 1. The Morgan fingerprint density at radius 1 is 1.09 bits per heavy atom. The summed E-state index contributed by atoms with van der Waals surface area (Å²) in [5.74, 6) is -1.48. The largest absolute Gasteiger partial charge is 0.493 e. The van der Waals surface area contributed by atoms with Crippen LogP contribution in [0.3, 0.4) is 0 Å². The number of nitrogens with one attached hydrogen (secondary N) is 2. The predicted molar refractivity (Wildman–Crippen MR) is 126 cm³/mol. The number of pyridine rings is 1. The first-order valence-corrected chi connectivity index (χ1v) is 10.8. The molecule has 2 aromatic heterocycles. The fourth-order valence-corrected chi connectivity index (χ4v) is 4.37. The maximum Gasteiger partial charge on any atom is 0.168 e. The van der Waals surface area contributed by atoms with E-state index in [2.05, 4.69) is 20.2 Å². The van der Waals surface area contributed by atoms with Gasteiger partial charge < -0.3 is 24.7 Å². The first-order chi connectivity index (χ1) is 16.0. The number of rotatable bonds is 5. The van der Waals surface area contributed by atoms with Crippen molar-refractivity contribution in [3.63, 3.8) is 0 Å². The average molecular weight is 471 g/mol. The van der Waals surface area contributed by atoms with Crippen LogP contribution in [-0.2, 0) is 4.74 Å². The molecule has 0 unspecified atom stereocenters. The van der Waals surface area contributed by atoms with Gasteiger partial charge in [0.1, 0.15) is 11.5 Å². The standard InChI is InChI=1S/C24H21ClF2N4O2/c1-32-23-17(8-14(26)9-21(23)27)19-13-29-24-18(19)10-16(12-28-24)30-15-2-3-22(20(25)11-15)31-4-6-33-7-5-31/h2-3,8-13,30H,4-7H2,1H3,(H,28,29). The molecule has 4 aromatic rings. The number of hydrogen-bond acceptors (Lipinski definition) is 5. The molecule has 1 aliphatic rings. The Kier molecular flexibility index (Phi) is 5.78. The Balaban J connectivity index is 1.47. The predicted octanol–water partition coefficient (Wildman–Crippen LogP) is 5.75. The normalized spacial score (nSPS) is 14.0. The Labute approximate surface area is 194 Å². The number of morpholine rings is 1. The second kappa shape index (κ2) is 8.88. The number of halogens is 3. The molecule has 0 amide bonds. The molecule has 2 N–H and O–H groups in total. The highest BCUT2D eigenvalue weighted by molar-refractivity contribution is 6.33. The summed E-state index contributed by atoms with van der Waals surface area (Å²) >= 11 is 6.55. The van der Waals surface area contributed by atoms with E-state index in [0.29, 0.717) is 46.1 Å². The molecule has 2 aromatic carbocycles. The molecule has 0 spiro atoms. The van der Waals surface area contributed by atoms with E-state index in [9.17, 15) is 8.78 Å². The summed E-state index contributed by atoms with van der Waals surface area (Å²) in [6.45, 7) is 2.96. The summed E-state index contributed by atoms with van der Waals surface area (Å²) in [5, 5.41) is 4.63. The van der Waals surface area contributed by atoms with Crippen LogP contribution in [0.25, 0.3) is 22.2 Å². The van der Waals surface area contributed by atoms with Crippen LogP contribution >= 0.6 is 11.6 Å². The Morgan fingerprint density at radius 3 is 2.67 bits per heavy atom. The molecule has 0 atom stereocenters. The minimum absolute atomic E-state index is 0.0267. The van der Waals surface area contributed by atoms with Gasteiger partial charge in [0.2, 0.25) is 0 Å². The highest BCUT2D eigenvalue weighted by atomic mass is 35.5. The smallest absolute Gasteiger partial charge is 0.168 e. The van der Waals surface area contributed by atoms with Gasteiger partial charge in [-0.15, -0.1) is 0 Å². The van der Waals surface area contributed by atoms with Gasteiger partial charge in [0.05, 0.1) is 42.9 Å². The van der Waals surface area contributed by atoms with Gasteiger partial charge in [-0.05, 0) is 30.3 Å². The number of aromatic amines is 1. The molecule has 0 aliphatic carbocycles. The Morgan fingerprint density at radius 2 is 1.91 bits per heavy atom. The van der Waals surface area contributed by atoms with E-state index in [1.807, 2.05) is 24.3 Å². The molecule has 9 heteroatoms. The Bertz CT molecular complexity index is 1320. The van der Waals surface area contributed by atoms with Gasteiger partial charge in [0.15, 0.2) is 11.6 Å². The minimum atomic E-state index is -0.765. The number of ether oxygens (including phenoxy) is 2. The minimum Gasteiger partial charge on any atom is -0.493 e. The fourth-order valence-electron chi connectivity index (χ4n) is 4.07. The molecular formula is C24H21ClF2N4O2. The topological polar surface area (TPSA) is 62.4 Å². The zero-order valence-corrected chi connectivity index (χ0v) is 18.5. The highest BCUT2D eigenvalue weighted by Crippen LogP contribution is 2.38. The highest BCUT2D eigenvalue weighted by Gasteiger charge is 2.18. The van der Waals surface area contributed by atoms with Crippen LogP contribution < -0.4 is 15.0 Å². The first kappa shape index (κ1) is 21.5. The number of hydrogen-bond donors (Lipinski definition) is 2. The summed E-state index contributed by atoms with van der Waals surface area (Å²) in [7, 11) is 1.35. The Hall–Kier alpha value is -3.36. The molecule has 1 aliphatic heterocycles.